The van der Waals surface area contributed by atoms with Crippen LogP contribution in [-0.2, 0) is 9.53 Å². The van der Waals surface area contributed by atoms with Crippen molar-refractivity contribution in [2.75, 3.05) is 19.6 Å². The zero-order valence-electron chi connectivity index (χ0n) is 14.0. The van der Waals surface area contributed by atoms with Gasteiger partial charge in [0, 0.05) is 5.41 Å². The zero-order valence-corrected chi connectivity index (χ0v) is 14.0. The summed E-state index contributed by atoms with van der Waals surface area (Å²) in [6.45, 7) is 9.96. The first-order valence-corrected chi connectivity index (χ1v) is 8.96. The highest BCUT2D eigenvalue weighted by Gasteiger charge is 2.62. The fourth-order valence-electron chi connectivity index (χ4n) is 5.12. The Morgan fingerprint density at radius 3 is 2.33 bits per heavy atom. The van der Waals surface area contributed by atoms with E-state index >= 15 is 0 Å². The molecule has 3 aliphatic rings. The van der Waals surface area contributed by atoms with Crippen molar-refractivity contribution < 1.29 is 14.4 Å². The quantitative estimate of drug-likeness (QED) is 0.809. The van der Waals surface area contributed by atoms with E-state index in [9.17, 15) is 4.79 Å². The molecule has 0 spiro atoms. The number of hydrogen-bond donors (Lipinski definition) is 1. The Morgan fingerprint density at radius 2 is 1.81 bits per heavy atom. The van der Waals surface area contributed by atoms with Gasteiger partial charge < -0.3 is 9.64 Å². The summed E-state index contributed by atoms with van der Waals surface area (Å²) in [6.07, 6.45) is 8.96. The largest absolute Gasteiger partial charge is 0.458 e. The summed E-state index contributed by atoms with van der Waals surface area (Å²) in [7, 11) is 0. The number of rotatable bonds is 3. The average molecular weight is 294 g/mol. The number of fused-ring (bicyclic) bond motifs is 2. The van der Waals surface area contributed by atoms with Crippen LogP contribution in [0.2, 0.25) is 0 Å². The summed E-state index contributed by atoms with van der Waals surface area (Å²) in [5.74, 6) is 0.785. The van der Waals surface area contributed by atoms with Crippen LogP contribution >= 0.6 is 0 Å². The summed E-state index contributed by atoms with van der Waals surface area (Å²) in [6, 6.07) is 0. The molecule has 21 heavy (non-hydrogen) atoms. The van der Waals surface area contributed by atoms with Gasteiger partial charge in [-0.2, -0.15) is 0 Å². The van der Waals surface area contributed by atoms with Crippen LogP contribution in [0.15, 0.2) is 0 Å². The van der Waals surface area contributed by atoms with Crippen LogP contribution in [-0.4, -0.2) is 31.7 Å². The number of ether oxygens (including phenoxy) is 1. The first kappa shape index (κ1) is 15.3. The van der Waals surface area contributed by atoms with Gasteiger partial charge in [0.25, 0.3) is 0 Å². The molecule has 0 unspecified atom stereocenters. The molecule has 1 aliphatic heterocycles. The monoisotopic (exact) mass is 294 g/mol. The number of carbonyl (C=O) groups is 1. The van der Waals surface area contributed by atoms with Crippen LogP contribution in [0.1, 0.15) is 65.7 Å². The highest BCUT2D eigenvalue weighted by molar-refractivity contribution is 5.70. The second kappa shape index (κ2) is 5.57. The van der Waals surface area contributed by atoms with E-state index in [0.717, 1.165) is 25.4 Å². The molecule has 1 saturated heterocycles. The second-order valence-corrected chi connectivity index (χ2v) is 8.43. The smallest absolute Gasteiger partial charge is 0.362 e. The normalized spacial score (nSPS) is 39.2. The number of esters is 1. The summed E-state index contributed by atoms with van der Waals surface area (Å²) >= 11 is 0. The van der Waals surface area contributed by atoms with Gasteiger partial charge in [-0.1, -0.05) is 20.8 Å². The molecule has 2 aliphatic carbocycles. The van der Waals surface area contributed by atoms with Crippen LogP contribution in [0.4, 0.5) is 0 Å². The minimum absolute atomic E-state index is 0.0430. The maximum Gasteiger partial charge on any atom is 0.362 e. The Kier molecular flexibility index (Phi) is 4.06. The van der Waals surface area contributed by atoms with Gasteiger partial charge in [0.15, 0.2) is 6.54 Å². The predicted molar refractivity (Wildman–Crippen MR) is 83.1 cm³/mol. The highest BCUT2D eigenvalue weighted by Crippen LogP contribution is 2.66. The molecule has 2 bridgehead atoms. The van der Waals surface area contributed by atoms with Crippen molar-refractivity contribution in [1.82, 2.24) is 0 Å². The van der Waals surface area contributed by atoms with E-state index in [1.54, 1.807) is 0 Å². The number of quaternary nitrogens is 1. The van der Waals surface area contributed by atoms with Gasteiger partial charge >= 0.3 is 5.97 Å². The van der Waals surface area contributed by atoms with E-state index in [1.165, 1.54) is 43.4 Å². The minimum Gasteiger partial charge on any atom is -0.458 e. The topological polar surface area (TPSA) is 30.7 Å². The molecule has 120 valence electrons. The van der Waals surface area contributed by atoms with Crippen molar-refractivity contribution in [2.24, 2.45) is 16.7 Å². The molecule has 3 nitrogen and oxygen atoms in total. The third kappa shape index (κ3) is 2.62. The second-order valence-electron chi connectivity index (χ2n) is 8.43. The first-order chi connectivity index (χ1) is 9.93. The molecule has 3 heteroatoms. The lowest BCUT2D eigenvalue weighted by Crippen LogP contribution is -3.12. The number of hydrogen-bond acceptors (Lipinski definition) is 2. The van der Waals surface area contributed by atoms with E-state index in [1.807, 2.05) is 0 Å². The summed E-state index contributed by atoms with van der Waals surface area (Å²) in [5.41, 5.74) is 0.523. The lowest BCUT2D eigenvalue weighted by atomic mass is 9.70. The van der Waals surface area contributed by atoms with Gasteiger partial charge in [0.05, 0.1) is 13.1 Å². The summed E-state index contributed by atoms with van der Waals surface area (Å²) < 4.78 is 5.97. The van der Waals surface area contributed by atoms with E-state index in [-0.39, 0.29) is 17.5 Å². The standard InChI is InChI=1S/C18H31NO2/c1-17(2)14-8-9-18(17,3)15(12-14)21-16(20)13-19-10-6-4-5-7-11-19/h14-15H,4-13H2,1-3H3/p+1/t14-,15+,18+/m0/s1. The van der Waals surface area contributed by atoms with Gasteiger partial charge in [-0.25, -0.2) is 4.79 Å². The summed E-state index contributed by atoms with van der Waals surface area (Å²) in [5, 5.41) is 0. The maximum atomic E-state index is 12.4. The maximum absolute atomic E-state index is 12.4. The Morgan fingerprint density at radius 1 is 1.14 bits per heavy atom. The van der Waals surface area contributed by atoms with Gasteiger partial charge in [-0.05, 0) is 56.3 Å². The molecular formula is C18H32NO2+. The number of likely N-dealkylation sites (tertiary alicyclic amines) is 1. The SMILES string of the molecule is CC1(C)[C@H]2CC[C@]1(C)[C@H](OC(=O)C[NH+]1CCCCCC1)C2. The number of carbonyl (C=O) groups excluding carboxylic acids is 1. The van der Waals surface area contributed by atoms with Crippen molar-refractivity contribution in [3.63, 3.8) is 0 Å². The van der Waals surface area contributed by atoms with Crippen molar-refractivity contribution >= 4 is 5.97 Å². The van der Waals surface area contributed by atoms with Crippen LogP contribution in [0.25, 0.3) is 0 Å². The third-order valence-corrected chi connectivity index (χ3v) is 7.19. The van der Waals surface area contributed by atoms with E-state index in [0.29, 0.717) is 12.0 Å². The van der Waals surface area contributed by atoms with Gasteiger partial charge in [-0.3, -0.25) is 0 Å². The Balaban J connectivity index is 1.56. The molecule has 2 saturated carbocycles. The van der Waals surface area contributed by atoms with Crippen LogP contribution in [0.5, 0.6) is 0 Å². The third-order valence-electron chi connectivity index (χ3n) is 7.19. The number of nitrogens with one attached hydrogen (secondary N) is 1. The predicted octanol–water partition coefficient (Wildman–Crippen LogP) is 2.20. The molecule has 0 amide bonds. The average Bonchev–Trinajstić information content (AvgIpc) is 2.69. The van der Waals surface area contributed by atoms with Crippen molar-refractivity contribution in [3.05, 3.63) is 0 Å². The van der Waals surface area contributed by atoms with Gasteiger partial charge in [0.2, 0.25) is 0 Å². The lowest BCUT2D eigenvalue weighted by Gasteiger charge is -2.38. The van der Waals surface area contributed by atoms with Crippen LogP contribution in [0.3, 0.4) is 0 Å². The minimum atomic E-state index is 0.0430. The van der Waals surface area contributed by atoms with Gasteiger partial charge in [0.1, 0.15) is 6.10 Å². The Labute approximate surface area is 129 Å². The molecule has 3 rings (SSSR count). The molecule has 3 fully saturated rings. The van der Waals surface area contributed by atoms with Crippen LogP contribution in [0, 0.1) is 16.7 Å². The van der Waals surface area contributed by atoms with E-state index in [4.69, 9.17) is 4.74 Å². The lowest BCUT2D eigenvalue weighted by molar-refractivity contribution is -0.891. The molecule has 0 aromatic rings. The first-order valence-electron chi connectivity index (χ1n) is 8.96. The van der Waals surface area contributed by atoms with E-state index in [2.05, 4.69) is 20.8 Å². The highest BCUT2D eigenvalue weighted by atomic mass is 16.5. The molecule has 0 aromatic heterocycles. The molecule has 1 heterocycles. The van der Waals surface area contributed by atoms with Crippen LogP contribution < -0.4 is 4.90 Å². The fraction of sp³-hybridized carbons (Fsp3) is 0.944. The van der Waals surface area contributed by atoms with Crippen molar-refractivity contribution in [1.29, 1.82) is 0 Å². The zero-order chi connectivity index (χ0) is 15.1. The van der Waals surface area contributed by atoms with Gasteiger partial charge in [-0.15, -0.1) is 0 Å². The Bertz CT molecular complexity index is 398. The Hall–Kier alpha value is -0.570. The molecule has 1 N–H and O–H groups in total. The van der Waals surface area contributed by atoms with E-state index < -0.39 is 0 Å². The van der Waals surface area contributed by atoms with Crippen molar-refractivity contribution in [3.8, 4) is 0 Å². The molecule has 0 radical (unpaired) electrons. The molecule has 3 atom stereocenters. The van der Waals surface area contributed by atoms with Crippen molar-refractivity contribution in [2.45, 2.75) is 71.8 Å². The summed E-state index contributed by atoms with van der Waals surface area (Å²) in [4.78, 5) is 13.8. The molecule has 0 aromatic carbocycles. The molecular weight excluding hydrogens is 262 g/mol. The fourth-order valence-corrected chi connectivity index (χ4v) is 5.12.